The number of amides is 2. The van der Waals surface area contributed by atoms with Gasteiger partial charge in [-0.05, 0) is 94.2 Å². The summed E-state index contributed by atoms with van der Waals surface area (Å²) in [4.78, 5) is 65.1. The van der Waals surface area contributed by atoms with E-state index < -0.39 is 35.5 Å². The summed E-state index contributed by atoms with van der Waals surface area (Å²) in [6.07, 6.45) is 5.65. The van der Waals surface area contributed by atoms with Gasteiger partial charge in [-0.25, -0.2) is 9.59 Å². The lowest BCUT2D eigenvalue weighted by Crippen LogP contribution is -2.41. The summed E-state index contributed by atoms with van der Waals surface area (Å²) >= 11 is 0. The van der Waals surface area contributed by atoms with Crippen molar-refractivity contribution in [2.75, 3.05) is 19.8 Å². The van der Waals surface area contributed by atoms with Gasteiger partial charge in [0.1, 0.15) is 22.8 Å². The molecule has 2 amide bonds. The van der Waals surface area contributed by atoms with Crippen molar-refractivity contribution in [1.82, 2.24) is 10.6 Å². The highest BCUT2D eigenvalue weighted by Crippen LogP contribution is 2.08. The highest BCUT2D eigenvalue weighted by atomic mass is 16.6. The van der Waals surface area contributed by atoms with Gasteiger partial charge in [-0.1, -0.05) is 12.7 Å². The summed E-state index contributed by atoms with van der Waals surface area (Å²) in [5, 5.41) is 13.9. The predicted molar refractivity (Wildman–Crippen MR) is 165 cm³/mol. The molecule has 0 bridgehead atoms. The summed E-state index contributed by atoms with van der Waals surface area (Å²) in [5.41, 5.74) is -1.19. The van der Waals surface area contributed by atoms with Crippen molar-refractivity contribution >= 4 is 35.3 Å². The SMILES string of the molecule is C1CCOC1.C=CC(C)=O.CC(=O)/C=C/[C@H](CC(C)=O)NC(=O)OC(C)(C)C.CC(=O)C[C@@H](CO)NC(=O)OC(C)(C)C. The molecule has 248 valence electrons. The molecule has 3 N–H and O–H groups in total. The number of hydrogen-bond acceptors (Lipinski definition) is 10. The first-order valence-electron chi connectivity index (χ1n) is 14.1. The fourth-order valence-electron chi connectivity index (χ4n) is 2.68. The minimum absolute atomic E-state index is 0.0185. The van der Waals surface area contributed by atoms with Gasteiger partial charge in [0.15, 0.2) is 11.6 Å². The molecule has 0 aromatic heterocycles. The van der Waals surface area contributed by atoms with Gasteiger partial charge in [-0.2, -0.15) is 0 Å². The number of Topliss-reactive ketones (excluding diaryl/α,β-unsaturated/α-hetero) is 2. The second kappa shape index (κ2) is 24.1. The van der Waals surface area contributed by atoms with Gasteiger partial charge in [-0.15, -0.1) is 0 Å². The van der Waals surface area contributed by atoms with Gasteiger partial charge < -0.3 is 30.0 Å². The number of carbonyl (C=O) groups is 6. The normalized spacial score (nSPS) is 13.7. The van der Waals surface area contributed by atoms with Crippen LogP contribution in [0.5, 0.6) is 0 Å². The van der Waals surface area contributed by atoms with E-state index in [4.69, 9.17) is 19.3 Å². The van der Waals surface area contributed by atoms with E-state index in [-0.39, 0.29) is 42.6 Å². The van der Waals surface area contributed by atoms with E-state index in [1.54, 1.807) is 41.5 Å². The molecule has 0 saturated carbocycles. The van der Waals surface area contributed by atoms with Crippen LogP contribution in [0, 0.1) is 0 Å². The van der Waals surface area contributed by atoms with Gasteiger partial charge >= 0.3 is 12.2 Å². The zero-order valence-electron chi connectivity index (χ0n) is 27.7. The number of aliphatic hydroxyl groups excluding tert-OH is 1. The van der Waals surface area contributed by atoms with Crippen LogP contribution in [0.1, 0.15) is 94.9 Å². The van der Waals surface area contributed by atoms with Gasteiger partial charge in [0.2, 0.25) is 0 Å². The lowest BCUT2D eigenvalue weighted by atomic mass is 10.1. The van der Waals surface area contributed by atoms with Crippen LogP contribution < -0.4 is 10.6 Å². The number of aliphatic hydroxyl groups is 1. The molecular formula is C31H54N2O10. The Hall–Kier alpha value is -3.38. The smallest absolute Gasteiger partial charge is 0.408 e. The van der Waals surface area contributed by atoms with Gasteiger partial charge in [-0.3, -0.25) is 19.2 Å². The van der Waals surface area contributed by atoms with Gasteiger partial charge in [0.25, 0.3) is 0 Å². The average molecular weight is 615 g/mol. The van der Waals surface area contributed by atoms with Crippen LogP contribution in [0.2, 0.25) is 0 Å². The second-order valence-electron chi connectivity index (χ2n) is 11.7. The van der Waals surface area contributed by atoms with Crippen molar-refractivity contribution in [3.63, 3.8) is 0 Å². The fourth-order valence-corrected chi connectivity index (χ4v) is 2.68. The summed E-state index contributed by atoms with van der Waals surface area (Å²) in [7, 11) is 0. The van der Waals surface area contributed by atoms with Crippen molar-refractivity contribution in [1.29, 1.82) is 0 Å². The molecule has 0 radical (unpaired) electrons. The Morgan fingerprint density at radius 2 is 1.21 bits per heavy atom. The van der Waals surface area contributed by atoms with Crippen LogP contribution in [0.4, 0.5) is 9.59 Å². The highest BCUT2D eigenvalue weighted by Gasteiger charge is 2.20. The lowest BCUT2D eigenvalue weighted by molar-refractivity contribution is -0.118. The zero-order valence-corrected chi connectivity index (χ0v) is 27.7. The van der Waals surface area contributed by atoms with Crippen molar-refractivity contribution in [3.8, 4) is 0 Å². The molecule has 43 heavy (non-hydrogen) atoms. The number of rotatable bonds is 10. The van der Waals surface area contributed by atoms with E-state index in [0.29, 0.717) is 0 Å². The lowest BCUT2D eigenvalue weighted by Gasteiger charge is -2.22. The molecule has 12 nitrogen and oxygen atoms in total. The third-order valence-corrected chi connectivity index (χ3v) is 4.36. The number of nitrogens with one attached hydrogen (secondary N) is 2. The monoisotopic (exact) mass is 614 g/mol. The Morgan fingerprint density at radius 1 is 0.791 bits per heavy atom. The maximum Gasteiger partial charge on any atom is 0.408 e. The summed E-state index contributed by atoms with van der Waals surface area (Å²) in [6.45, 7) is 21.1. The van der Waals surface area contributed by atoms with Crippen LogP contribution in [0.25, 0.3) is 0 Å². The third-order valence-electron chi connectivity index (χ3n) is 4.36. The van der Waals surface area contributed by atoms with Crippen LogP contribution in [-0.4, -0.2) is 83.5 Å². The second-order valence-corrected chi connectivity index (χ2v) is 11.7. The van der Waals surface area contributed by atoms with E-state index in [1.807, 2.05) is 0 Å². The van der Waals surface area contributed by atoms with E-state index in [2.05, 4.69) is 17.2 Å². The van der Waals surface area contributed by atoms with E-state index >= 15 is 0 Å². The first-order chi connectivity index (χ1) is 19.6. The van der Waals surface area contributed by atoms with Crippen LogP contribution in [0.15, 0.2) is 24.8 Å². The highest BCUT2D eigenvalue weighted by molar-refractivity contribution is 5.87. The van der Waals surface area contributed by atoms with Crippen LogP contribution >= 0.6 is 0 Å². The fraction of sp³-hybridized carbons (Fsp3) is 0.677. The number of alkyl carbamates (subject to hydrolysis) is 2. The quantitative estimate of drug-likeness (QED) is 0.299. The Bertz CT molecular complexity index is 903. The molecule has 12 heteroatoms. The average Bonchev–Trinajstić information content (AvgIpc) is 3.40. The standard InChI is InChI=1S/C13H21NO4.C10H19NO4.C4H8O.C4H6O/c1-9(15)6-7-11(8-10(2)16)14-12(17)18-13(3,4)5;1-7(13)5-8(6-12)11-9(14)15-10(2,3)4;1-2-4-5-3-1;1-3-4(2)5/h6-7,11H,8H2,1-5H3,(H,14,17);8,12H,5-6H2,1-4H3,(H,11,14);1-4H2;3H,1H2,2H3/b7-6+;;;/t11-;8-;;/m10../s1. The molecule has 1 saturated heterocycles. The third kappa shape index (κ3) is 38.6. The maximum atomic E-state index is 11.5. The molecule has 2 atom stereocenters. The van der Waals surface area contributed by atoms with Crippen molar-refractivity contribution < 1.29 is 48.1 Å². The van der Waals surface area contributed by atoms with Crippen LogP contribution in [-0.2, 0) is 33.4 Å². The first kappa shape index (κ1) is 44.1. The van der Waals surface area contributed by atoms with E-state index in [1.165, 1.54) is 58.8 Å². The van der Waals surface area contributed by atoms with Crippen molar-refractivity contribution in [2.45, 2.75) is 118 Å². The van der Waals surface area contributed by atoms with Gasteiger partial charge in [0.05, 0.1) is 18.7 Å². The molecule has 0 spiro atoms. The van der Waals surface area contributed by atoms with Gasteiger partial charge in [0, 0.05) is 26.1 Å². The van der Waals surface area contributed by atoms with E-state index in [0.717, 1.165) is 13.2 Å². The molecular weight excluding hydrogens is 560 g/mol. The minimum Gasteiger partial charge on any atom is -0.444 e. The largest absolute Gasteiger partial charge is 0.444 e. The minimum atomic E-state index is -0.622. The molecule has 1 aliphatic rings. The number of allylic oxidation sites excluding steroid dienone is 2. The molecule has 1 fully saturated rings. The molecule has 0 aromatic carbocycles. The number of hydrogen-bond donors (Lipinski definition) is 3. The summed E-state index contributed by atoms with van der Waals surface area (Å²) < 4.78 is 15.0. The molecule has 1 rings (SSSR count). The summed E-state index contributed by atoms with van der Waals surface area (Å²) in [5.74, 6) is -0.297. The predicted octanol–water partition coefficient (Wildman–Crippen LogP) is 4.41. The number of ether oxygens (including phenoxy) is 3. The maximum absolute atomic E-state index is 11.5. The zero-order chi connectivity index (χ0) is 34.2. The number of ketones is 4. The topological polar surface area (TPSA) is 174 Å². The number of carbonyl (C=O) groups excluding carboxylic acids is 6. The first-order valence-corrected chi connectivity index (χ1v) is 14.1. The van der Waals surface area contributed by atoms with Crippen LogP contribution in [0.3, 0.4) is 0 Å². The summed E-state index contributed by atoms with van der Waals surface area (Å²) in [6, 6.07) is -1.10. The Kier molecular flexibility index (Phi) is 24.7. The molecule has 0 aromatic rings. The molecule has 1 heterocycles. The molecule has 0 unspecified atom stereocenters. The Balaban J connectivity index is -0.000000567. The Morgan fingerprint density at radius 3 is 1.49 bits per heavy atom. The van der Waals surface area contributed by atoms with E-state index in [9.17, 15) is 28.8 Å². The van der Waals surface area contributed by atoms with Crippen molar-refractivity contribution in [2.24, 2.45) is 0 Å². The van der Waals surface area contributed by atoms with Crippen molar-refractivity contribution in [3.05, 3.63) is 24.8 Å². The Labute approximate surface area is 257 Å². The molecule has 0 aliphatic carbocycles. The molecule has 1 aliphatic heterocycles.